The second-order valence-corrected chi connectivity index (χ2v) is 7.56. The molecule has 1 heterocycles. The van der Waals surface area contributed by atoms with Crippen molar-refractivity contribution in [1.29, 1.82) is 0 Å². The van der Waals surface area contributed by atoms with Gasteiger partial charge in [-0.2, -0.15) is 0 Å². The van der Waals surface area contributed by atoms with Gasteiger partial charge in [0.15, 0.2) is 0 Å². The largest absolute Gasteiger partial charge is 0.393 e. The molecule has 1 aliphatic carbocycles. The van der Waals surface area contributed by atoms with E-state index in [0.29, 0.717) is 6.54 Å². The smallest absolute Gasteiger partial charge is 0.317 e. The summed E-state index contributed by atoms with van der Waals surface area (Å²) in [5, 5.41) is 13.2. The highest BCUT2D eigenvalue weighted by atomic mass is 16.3. The van der Waals surface area contributed by atoms with Crippen LogP contribution in [-0.2, 0) is 0 Å². The van der Waals surface area contributed by atoms with Crippen molar-refractivity contribution in [2.75, 3.05) is 33.2 Å². The molecule has 5 nitrogen and oxygen atoms in total. The zero-order valence-electron chi connectivity index (χ0n) is 15.2. The van der Waals surface area contributed by atoms with Crippen molar-refractivity contribution in [3.63, 3.8) is 0 Å². The second-order valence-electron chi connectivity index (χ2n) is 7.56. The summed E-state index contributed by atoms with van der Waals surface area (Å²) in [4.78, 5) is 16.9. The number of hydrogen-bond acceptors (Lipinski definition) is 3. The summed E-state index contributed by atoms with van der Waals surface area (Å²) >= 11 is 0. The molecule has 2 amide bonds. The number of carbonyl (C=O) groups excluding carboxylic acids is 1. The van der Waals surface area contributed by atoms with Crippen LogP contribution in [-0.4, -0.2) is 60.3 Å². The van der Waals surface area contributed by atoms with Crippen LogP contribution < -0.4 is 5.32 Å². The molecule has 1 aromatic carbocycles. The van der Waals surface area contributed by atoms with Crippen molar-refractivity contribution >= 4 is 6.03 Å². The Morgan fingerprint density at radius 1 is 1.24 bits per heavy atom. The molecule has 1 saturated heterocycles. The zero-order chi connectivity index (χ0) is 17.6. The van der Waals surface area contributed by atoms with E-state index in [4.69, 9.17) is 0 Å². The Balaban J connectivity index is 1.61. The molecule has 5 heteroatoms. The summed E-state index contributed by atoms with van der Waals surface area (Å²) in [6.45, 7) is 3.71. The first-order valence-corrected chi connectivity index (χ1v) is 9.60. The van der Waals surface area contributed by atoms with Gasteiger partial charge >= 0.3 is 6.03 Å². The summed E-state index contributed by atoms with van der Waals surface area (Å²) < 4.78 is 0. The number of likely N-dealkylation sites (tertiary alicyclic amines) is 1. The fourth-order valence-corrected chi connectivity index (χ4v) is 4.07. The van der Waals surface area contributed by atoms with Gasteiger partial charge in [-0.15, -0.1) is 0 Å². The van der Waals surface area contributed by atoms with Gasteiger partial charge in [0, 0.05) is 26.1 Å². The van der Waals surface area contributed by atoms with Gasteiger partial charge in [-0.1, -0.05) is 36.8 Å². The molecule has 138 valence electrons. The third-order valence-electron chi connectivity index (χ3n) is 5.61. The Kier molecular flexibility index (Phi) is 6.32. The number of urea groups is 1. The number of aliphatic hydroxyl groups excluding tert-OH is 1. The molecule has 0 radical (unpaired) electrons. The summed E-state index contributed by atoms with van der Waals surface area (Å²) in [5.74, 6) is 0.213. The number of aliphatic hydroxyl groups is 1. The highest BCUT2D eigenvalue weighted by molar-refractivity contribution is 5.74. The molecular formula is C20H31N3O2. The minimum Gasteiger partial charge on any atom is -0.393 e. The third kappa shape index (κ3) is 4.95. The minimum absolute atomic E-state index is 0.00255. The molecule has 25 heavy (non-hydrogen) atoms. The van der Waals surface area contributed by atoms with Crippen LogP contribution in [0.5, 0.6) is 0 Å². The first-order chi connectivity index (χ1) is 12.1. The van der Waals surface area contributed by atoms with Crippen molar-refractivity contribution < 1.29 is 9.90 Å². The molecule has 1 aliphatic heterocycles. The standard InChI is InChI=1S/C20H31N3O2/c1-22(14-17-10-7-11-19(17)24)20(25)21-18(15-23-12-5-6-13-23)16-8-3-2-4-9-16/h2-4,8-9,17-19,24H,5-7,10-15H2,1H3,(H,21,25). The lowest BCUT2D eigenvalue weighted by Gasteiger charge is -2.29. The van der Waals surface area contributed by atoms with Gasteiger partial charge in [0.2, 0.25) is 0 Å². The Morgan fingerprint density at radius 3 is 2.60 bits per heavy atom. The van der Waals surface area contributed by atoms with Crippen LogP contribution in [0.15, 0.2) is 30.3 Å². The molecule has 3 unspecified atom stereocenters. The first-order valence-electron chi connectivity index (χ1n) is 9.60. The maximum atomic E-state index is 12.7. The molecule has 0 aromatic heterocycles. The van der Waals surface area contributed by atoms with E-state index in [-0.39, 0.29) is 24.1 Å². The van der Waals surface area contributed by atoms with Crippen molar-refractivity contribution in [1.82, 2.24) is 15.1 Å². The summed E-state index contributed by atoms with van der Waals surface area (Å²) in [7, 11) is 1.83. The lowest BCUT2D eigenvalue weighted by atomic mass is 10.1. The molecule has 2 fully saturated rings. The predicted molar refractivity (Wildman–Crippen MR) is 99.4 cm³/mol. The van der Waals surface area contributed by atoms with Gasteiger partial charge in [0.1, 0.15) is 0 Å². The van der Waals surface area contributed by atoms with E-state index in [2.05, 4.69) is 22.3 Å². The molecule has 1 saturated carbocycles. The number of rotatable bonds is 6. The number of nitrogens with one attached hydrogen (secondary N) is 1. The van der Waals surface area contributed by atoms with Crippen molar-refractivity contribution in [3.8, 4) is 0 Å². The number of amides is 2. The number of benzene rings is 1. The third-order valence-corrected chi connectivity index (χ3v) is 5.61. The van der Waals surface area contributed by atoms with E-state index in [9.17, 15) is 9.90 Å². The van der Waals surface area contributed by atoms with Crippen LogP contribution in [0.25, 0.3) is 0 Å². The molecule has 3 atom stereocenters. The average Bonchev–Trinajstić information content (AvgIpc) is 3.27. The fourth-order valence-electron chi connectivity index (χ4n) is 4.07. The first kappa shape index (κ1) is 18.2. The lowest BCUT2D eigenvalue weighted by Crippen LogP contribution is -2.45. The predicted octanol–water partition coefficient (Wildman–Crippen LogP) is 2.63. The molecule has 0 bridgehead atoms. The molecule has 0 spiro atoms. The maximum absolute atomic E-state index is 12.7. The summed E-state index contributed by atoms with van der Waals surface area (Å²) in [6.07, 6.45) is 5.16. The highest BCUT2D eigenvalue weighted by Gasteiger charge is 2.28. The van der Waals surface area contributed by atoms with Gasteiger partial charge < -0.3 is 20.2 Å². The lowest BCUT2D eigenvalue weighted by molar-refractivity contribution is 0.113. The van der Waals surface area contributed by atoms with Gasteiger partial charge in [-0.25, -0.2) is 4.79 Å². The Morgan fingerprint density at radius 2 is 1.96 bits per heavy atom. The minimum atomic E-state index is -0.259. The monoisotopic (exact) mass is 345 g/mol. The van der Waals surface area contributed by atoms with E-state index in [1.165, 1.54) is 12.8 Å². The quantitative estimate of drug-likeness (QED) is 0.833. The summed E-state index contributed by atoms with van der Waals surface area (Å²) in [6, 6.07) is 10.2. The zero-order valence-corrected chi connectivity index (χ0v) is 15.2. The molecule has 2 aliphatic rings. The number of carbonyl (C=O) groups is 1. The SMILES string of the molecule is CN(CC1CCCC1O)C(=O)NC(CN1CCCC1)c1ccccc1. The van der Waals surface area contributed by atoms with Crippen LogP contribution in [0.1, 0.15) is 43.7 Å². The Hall–Kier alpha value is -1.59. The van der Waals surface area contributed by atoms with E-state index < -0.39 is 0 Å². The van der Waals surface area contributed by atoms with Crippen LogP contribution in [0.4, 0.5) is 4.79 Å². The van der Waals surface area contributed by atoms with E-state index in [1.807, 2.05) is 25.2 Å². The van der Waals surface area contributed by atoms with Crippen LogP contribution in [0.3, 0.4) is 0 Å². The van der Waals surface area contributed by atoms with Crippen molar-refractivity contribution in [2.24, 2.45) is 5.92 Å². The number of hydrogen-bond donors (Lipinski definition) is 2. The molecule has 2 N–H and O–H groups in total. The van der Waals surface area contributed by atoms with Gasteiger partial charge in [-0.05, 0) is 44.3 Å². The Labute approximate surface area is 151 Å². The van der Waals surface area contributed by atoms with Crippen LogP contribution in [0.2, 0.25) is 0 Å². The van der Waals surface area contributed by atoms with Gasteiger partial charge in [-0.3, -0.25) is 0 Å². The second kappa shape index (κ2) is 8.68. The topological polar surface area (TPSA) is 55.8 Å². The molecular weight excluding hydrogens is 314 g/mol. The van der Waals surface area contributed by atoms with Crippen LogP contribution >= 0.6 is 0 Å². The van der Waals surface area contributed by atoms with Gasteiger partial charge in [0.05, 0.1) is 12.1 Å². The highest BCUT2D eigenvalue weighted by Crippen LogP contribution is 2.26. The normalized spacial score (nSPS) is 25.0. The Bertz CT molecular complexity index is 545. The van der Waals surface area contributed by atoms with E-state index in [1.54, 1.807) is 4.90 Å². The van der Waals surface area contributed by atoms with Crippen LogP contribution in [0, 0.1) is 5.92 Å². The van der Waals surface area contributed by atoms with Crippen molar-refractivity contribution in [3.05, 3.63) is 35.9 Å². The molecule has 1 aromatic rings. The summed E-state index contributed by atoms with van der Waals surface area (Å²) in [5.41, 5.74) is 1.15. The van der Waals surface area contributed by atoms with Crippen molar-refractivity contribution in [2.45, 2.75) is 44.2 Å². The van der Waals surface area contributed by atoms with E-state index >= 15 is 0 Å². The molecule has 3 rings (SSSR count). The average molecular weight is 345 g/mol. The fraction of sp³-hybridized carbons (Fsp3) is 0.650. The van der Waals surface area contributed by atoms with Gasteiger partial charge in [0.25, 0.3) is 0 Å². The number of nitrogens with zero attached hydrogens (tertiary/aromatic N) is 2. The van der Waals surface area contributed by atoms with E-state index in [0.717, 1.165) is 44.5 Å². The maximum Gasteiger partial charge on any atom is 0.317 e.